The van der Waals surface area contributed by atoms with E-state index >= 15 is 0 Å². The zero-order valence-electron chi connectivity index (χ0n) is 9.94. The summed E-state index contributed by atoms with van der Waals surface area (Å²) in [5.74, 6) is 0. The maximum absolute atomic E-state index is 9.15. The predicted molar refractivity (Wildman–Crippen MR) is 66.0 cm³/mol. The Hall–Kier alpha value is -0.830. The van der Waals surface area contributed by atoms with E-state index in [9.17, 15) is 0 Å². The first-order chi connectivity index (χ1) is 7.92. The van der Waals surface area contributed by atoms with Crippen molar-refractivity contribution in [2.45, 2.75) is 51.0 Å². The summed E-state index contributed by atoms with van der Waals surface area (Å²) in [4.78, 5) is 2.51. The lowest BCUT2D eigenvalue weighted by molar-refractivity contribution is 0.188. The molecule has 0 aromatic carbocycles. The van der Waals surface area contributed by atoms with Crippen LogP contribution in [0.25, 0.3) is 0 Å². The second-order valence-corrected chi connectivity index (χ2v) is 4.79. The molecule has 0 amide bonds. The lowest BCUT2D eigenvalue weighted by atomic mass is 9.95. The van der Waals surface area contributed by atoms with E-state index in [4.69, 9.17) is 5.21 Å². The molecule has 16 heavy (non-hydrogen) atoms. The van der Waals surface area contributed by atoms with E-state index in [0.29, 0.717) is 6.04 Å². The van der Waals surface area contributed by atoms with Gasteiger partial charge in [-0.2, -0.15) is 0 Å². The van der Waals surface area contributed by atoms with Crippen molar-refractivity contribution in [2.24, 2.45) is 5.16 Å². The van der Waals surface area contributed by atoms with Gasteiger partial charge in [0.05, 0.1) is 11.8 Å². The molecule has 1 unspecified atom stereocenters. The summed E-state index contributed by atoms with van der Waals surface area (Å²) in [5.41, 5.74) is 0.992. The van der Waals surface area contributed by atoms with E-state index in [1.54, 1.807) is 0 Å². The smallest absolute Gasteiger partial charge is 0.0745 e. The minimum atomic E-state index is 0.384. The van der Waals surface area contributed by atoms with E-state index in [1.807, 2.05) is 0 Å². The van der Waals surface area contributed by atoms with Crippen LogP contribution in [-0.4, -0.2) is 35.0 Å². The van der Waals surface area contributed by atoms with E-state index in [0.717, 1.165) is 31.4 Å². The Morgan fingerprint density at radius 1 is 1.12 bits per heavy atom. The number of oxime groups is 1. The minimum absolute atomic E-state index is 0.384. The van der Waals surface area contributed by atoms with Crippen molar-refractivity contribution in [1.29, 1.82) is 0 Å². The van der Waals surface area contributed by atoms with E-state index in [1.165, 1.54) is 32.4 Å². The van der Waals surface area contributed by atoms with Crippen molar-refractivity contribution in [2.75, 3.05) is 13.1 Å². The summed E-state index contributed by atoms with van der Waals surface area (Å²) >= 11 is 0. The number of likely N-dealkylation sites (tertiary alicyclic amines) is 1. The first-order valence-electron chi connectivity index (χ1n) is 6.51. The molecule has 0 spiro atoms. The molecular weight excluding hydrogens is 200 g/mol. The van der Waals surface area contributed by atoms with Crippen LogP contribution in [0.5, 0.6) is 0 Å². The molecular formula is C13H22N2O. The van der Waals surface area contributed by atoms with Gasteiger partial charge in [0, 0.05) is 0 Å². The summed E-state index contributed by atoms with van der Waals surface area (Å²) < 4.78 is 0. The van der Waals surface area contributed by atoms with Crippen LogP contribution in [0.3, 0.4) is 0 Å². The largest absolute Gasteiger partial charge is 0.411 e. The first-order valence-corrected chi connectivity index (χ1v) is 6.51. The zero-order chi connectivity index (χ0) is 11.2. The lowest BCUT2D eigenvalue weighted by Gasteiger charge is -2.35. The molecule has 0 aromatic heterocycles. The van der Waals surface area contributed by atoms with Gasteiger partial charge in [-0.1, -0.05) is 23.7 Å². The lowest BCUT2D eigenvalue weighted by Crippen LogP contribution is -2.44. The maximum atomic E-state index is 9.15. The van der Waals surface area contributed by atoms with Crippen molar-refractivity contribution in [1.82, 2.24) is 4.90 Å². The van der Waals surface area contributed by atoms with Crippen LogP contribution in [0.15, 0.2) is 17.3 Å². The highest BCUT2D eigenvalue weighted by atomic mass is 16.4. The van der Waals surface area contributed by atoms with Crippen molar-refractivity contribution in [3.8, 4) is 0 Å². The van der Waals surface area contributed by atoms with Crippen LogP contribution in [0.4, 0.5) is 0 Å². The fourth-order valence-electron chi connectivity index (χ4n) is 2.79. The molecule has 1 fully saturated rings. The molecule has 1 atom stereocenters. The molecule has 1 aliphatic carbocycles. The number of piperidine rings is 1. The summed E-state index contributed by atoms with van der Waals surface area (Å²) in [6.07, 6.45) is 12.6. The van der Waals surface area contributed by atoms with Gasteiger partial charge in [0.25, 0.3) is 0 Å². The van der Waals surface area contributed by atoms with Gasteiger partial charge in [0.15, 0.2) is 0 Å². The van der Waals surface area contributed by atoms with Crippen LogP contribution in [0, 0.1) is 0 Å². The molecule has 2 aliphatic rings. The number of allylic oxidation sites excluding steroid dienone is 2. The highest BCUT2D eigenvalue weighted by molar-refractivity contribution is 5.89. The van der Waals surface area contributed by atoms with Gasteiger partial charge in [0.2, 0.25) is 0 Å². The molecule has 3 heteroatoms. The number of hydrogen-bond donors (Lipinski definition) is 1. The molecule has 1 N–H and O–H groups in total. The molecule has 1 aliphatic heterocycles. The monoisotopic (exact) mass is 222 g/mol. The maximum Gasteiger partial charge on any atom is 0.0745 e. The van der Waals surface area contributed by atoms with Crippen LogP contribution in [0.1, 0.15) is 44.9 Å². The third-order valence-corrected chi connectivity index (χ3v) is 3.69. The van der Waals surface area contributed by atoms with Gasteiger partial charge in [-0.25, -0.2) is 0 Å². The van der Waals surface area contributed by atoms with E-state index < -0.39 is 0 Å². The van der Waals surface area contributed by atoms with Crippen molar-refractivity contribution in [3.05, 3.63) is 12.2 Å². The first kappa shape index (κ1) is 11.6. The summed E-state index contributed by atoms with van der Waals surface area (Å²) in [7, 11) is 0. The molecule has 1 heterocycles. The van der Waals surface area contributed by atoms with Gasteiger partial charge in [-0.3, -0.25) is 4.90 Å². The highest BCUT2D eigenvalue weighted by Gasteiger charge is 2.25. The summed E-state index contributed by atoms with van der Waals surface area (Å²) in [6, 6.07) is 0.384. The van der Waals surface area contributed by atoms with Crippen molar-refractivity contribution < 1.29 is 5.21 Å². The summed E-state index contributed by atoms with van der Waals surface area (Å²) in [5, 5.41) is 12.7. The van der Waals surface area contributed by atoms with Gasteiger partial charge in [-0.15, -0.1) is 0 Å². The average Bonchev–Trinajstić information content (AvgIpc) is 2.30. The minimum Gasteiger partial charge on any atom is -0.411 e. The Morgan fingerprint density at radius 3 is 2.62 bits per heavy atom. The molecule has 0 aromatic rings. The topological polar surface area (TPSA) is 35.8 Å². The van der Waals surface area contributed by atoms with E-state index in [-0.39, 0.29) is 0 Å². The van der Waals surface area contributed by atoms with Crippen LogP contribution >= 0.6 is 0 Å². The highest BCUT2D eigenvalue weighted by Crippen LogP contribution is 2.20. The standard InChI is InChI=1S/C13H22N2O/c16-14-12-8-4-1-2-5-9-13(12)15-10-6-3-7-11-15/h1-2,13,16H,3-11H2/b2-1-,14-12+. The normalized spacial score (nSPS) is 33.2. The Bertz CT molecular complexity index is 267. The zero-order valence-corrected chi connectivity index (χ0v) is 9.94. The number of nitrogens with zero attached hydrogens (tertiary/aromatic N) is 2. The molecule has 90 valence electrons. The van der Waals surface area contributed by atoms with Crippen LogP contribution in [0.2, 0.25) is 0 Å². The Morgan fingerprint density at radius 2 is 1.88 bits per heavy atom. The van der Waals surface area contributed by atoms with E-state index in [2.05, 4.69) is 22.2 Å². The van der Waals surface area contributed by atoms with Crippen LogP contribution < -0.4 is 0 Å². The number of rotatable bonds is 1. The van der Waals surface area contributed by atoms with Gasteiger partial charge in [0.1, 0.15) is 0 Å². The molecule has 3 nitrogen and oxygen atoms in total. The quantitative estimate of drug-likeness (QED) is 0.421. The molecule has 0 saturated carbocycles. The molecule has 0 bridgehead atoms. The van der Waals surface area contributed by atoms with Gasteiger partial charge >= 0.3 is 0 Å². The van der Waals surface area contributed by atoms with Gasteiger partial charge in [-0.05, 0) is 51.6 Å². The number of hydrogen-bond acceptors (Lipinski definition) is 3. The van der Waals surface area contributed by atoms with Crippen molar-refractivity contribution >= 4 is 5.71 Å². The molecule has 2 rings (SSSR count). The fraction of sp³-hybridized carbons (Fsp3) is 0.769. The summed E-state index contributed by atoms with van der Waals surface area (Å²) in [6.45, 7) is 2.35. The Balaban J connectivity index is 2.04. The average molecular weight is 222 g/mol. The third kappa shape index (κ3) is 2.85. The second kappa shape index (κ2) is 6.04. The Labute approximate surface area is 97.8 Å². The molecule has 1 saturated heterocycles. The second-order valence-electron chi connectivity index (χ2n) is 4.79. The van der Waals surface area contributed by atoms with Crippen LogP contribution in [-0.2, 0) is 0 Å². The van der Waals surface area contributed by atoms with Gasteiger partial charge < -0.3 is 5.21 Å². The SMILES string of the molecule is O/N=C1\CC/C=C\CCC1N1CCCCC1. The molecule has 0 radical (unpaired) electrons. The van der Waals surface area contributed by atoms with Crippen molar-refractivity contribution in [3.63, 3.8) is 0 Å². The third-order valence-electron chi connectivity index (χ3n) is 3.69. The Kier molecular flexibility index (Phi) is 4.40. The fourth-order valence-corrected chi connectivity index (χ4v) is 2.79. The predicted octanol–water partition coefficient (Wildman–Crippen LogP) is 2.80.